The molecule has 34 heavy (non-hydrogen) atoms. The summed E-state index contributed by atoms with van der Waals surface area (Å²) in [4.78, 5) is 5.20. The van der Waals surface area contributed by atoms with Gasteiger partial charge in [0.05, 0.1) is 26.0 Å². The molecule has 5 heteroatoms. The Labute approximate surface area is 197 Å². The number of methoxy groups -OCH3 is 2. The minimum atomic E-state index is -0.345. The van der Waals surface area contributed by atoms with Gasteiger partial charge < -0.3 is 9.47 Å². The van der Waals surface area contributed by atoms with E-state index in [-0.39, 0.29) is 23.6 Å². The Bertz CT molecular complexity index is 1330. The zero-order chi connectivity index (χ0) is 23.7. The summed E-state index contributed by atoms with van der Waals surface area (Å²) in [7, 11) is 3.26. The van der Waals surface area contributed by atoms with Crippen LogP contribution in [-0.4, -0.2) is 19.9 Å². The van der Waals surface area contributed by atoms with Crippen molar-refractivity contribution in [1.82, 2.24) is 0 Å². The lowest BCUT2D eigenvalue weighted by Crippen LogP contribution is -2.23. The molecule has 0 aromatic heterocycles. The first kappa shape index (κ1) is 21.8. The van der Waals surface area contributed by atoms with Crippen molar-refractivity contribution in [1.29, 1.82) is 0 Å². The van der Waals surface area contributed by atoms with Crippen LogP contribution in [0.2, 0.25) is 0 Å². The average Bonchev–Trinajstić information content (AvgIpc) is 2.88. The van der Waals surface area contributed by atoms with Crippen LogP contribution in [0.25, 0.3) is 0 Å². The smallest absolute Gasteiger partial charge is 0.123 e. The quantitative estimate of drug-likeness (QED) is 0.335. The van der Waals surface area contributed by atoms with E-state index >= 15 is 0 Å². The first-order chi connectivity index (χ1) is 16.6. The van der Waals surface area contributed by atoms with Crippen LogP contribution >= 0.6 is 0 Å². The molecule has 4 aromatic carbocycles. The SMILES string of the molecule is COc1ccc(C2=N[C@H](c3ccc(F)cc3)[C@H](c3ccc(F)cc3)c3cc(OC)ccc32)cc1. The monoisotopic (exact) mass is 455 g/mol. The predicted molar refractivity (Wildman–Crippen MR) is 129 cm³/mol. The predicted octanol–water partition coefficient (Wildman–Crippen LogP) is 6.71. The normalized spacial score (nSPS) is 17.0. The van der Waals surface area contributed by atoms with Crippen molar-refractivity contribution in [3.05, 3.63) is 130 Å². The minimum Gasteiger partial charge on any atom is -0.497 e. The molecule has 1 aliphatic rings. The fourth-order valence-corrected chi connectivity index (χ4v) is 4.53. The van der Waals surface area contributed by atoms with Gasteiger partial charge in [-0.1, -0.05) is 24.3 Å². The number of nitrogens with zero attached hydrogens (tertiary/aromatic N) is 1. The van der Waals surface area contributed by atoms with Crippen molar-refractivity contribution in [2.24, 2.45) is 4.99 Å². The van der Waals surface area contributed by atoms with Crippen molar-refractivity contribution >= 4 is 5.71 Å². The highest BCUT2D eigenvalue weighted by atomic mass is 19.1. The van der Waals surface area contributed by atoms with Crippen LogP contribution in [0.3, 0.4) is 0 Å². The highest BCUT2D eigenvalue weighted by Gasteiger charge is 2.34. The largest absolute Gasteiger partial charge is 0.497 e. The molecule has 0 aliphatic carbocycles. The second kappa shape index (κ2) is 9.10. The van der Waals surface area contributed by atoms with Gasteiger partial charge in [0.25, 0.3) is 0 Å². The van der Waals surface area contributed by atoms with Crippen LogP contribution in [0.4, 0.5) is 8.78 Å². The maximum Gasteiger partial charge on any atom is 0.123 e. The summed E-state index contributed by atoms with van der Waals surface area (Å²) in [5.41, 5.74) is 5.54. The molecule has 0 unspecified atom stereocenters. The molecule has 0 N–H and O–H groups in total. The molecule has 0 bridgehead atoms. The number of aliphatic imine (C=N–C) groups is 1. The van der Waals surface area contributed by atoms with E-state index in [4.69, 9.17) is 14.5 Å². The molecule has 0 saturated heterocycles. The number of ether oxygens (including phenoxy) is 2. The Hall–Kier alpha value is -3.99. The molecule has 5 rings (SSSR count). The summed E-state index contributed by atoms with van der Waals surface area (Å²) >= 11 is 0. The fraction of sp³-hybridized carbons (Fsp3) is 0.138. The van der Waals surface area contributed by atoms with E-state index in [0.717, 1.165) is 45.0 Å². The van der Waals surface area contributed by atoms with Gasteiger partial charge in [-0.15, -0.1) is 0 Å². The topological polar surface area (TPSA) is 30.8 Å². The Morgan fingerprint density at radius 2 is 1.21 bits per heavy atom. The first-order valence-electron chi connectivity index (χ1n) is 11.0. The summed E-state index contributed by atoms with van der Waals surface area (Å²) in [6.45, 7) is 0. The van der Waals surface area contributed by atoms with E-state index < -0.39 is 0 Å². The summed E-state index contributed by atoms with van der Waals surface area (Å²) in [6, 6.07) is 26.3. The van der Waals surface area contributed by atoms with Crippen LogP contribution in [0.1, 0.15) is 39.8 Å². The van der Waals surface area contributed by atoms with Crippen LogP contribution in [0.15, 0.2) is 96.0 Å². The van der Waals surface area contributed by atoms with Gasteiger partial charge in [-0.2, -0.15) is 0 Å². The van der Waals surface area contributed by atoms with Gasteiger partial charge in [0.1, 0.15) is 23.1 Å². The van der Waals surface area contributed by atoms with Crippen LogP contribution in [0.5, 0.6) is 11.5 Å². The Morgan fingerprint density at radius 1 is 0.647 bits per heavy atom. The molecule has 1 heterocycles. The van der Waals surface area contributed by atoms with E-state index in [0.29, 0.717) is 0 Å². The summed E-state index contributed by atoms with van der Waals surface area (Å²) in [5, 5.41) is 0. The Morgan fingerprint density at radius 3 is 1.79 bits per heavy atom. The van der Waals surface area contributed by atoms with Crippen molar-refractivity contribution in [3.63, 3.8) is 0 Å². The Balaban J connectivity index is 1.75. The van der Waals surface area contributed by atoms with Crippen LogP contribution in [0, 0.1) is 11.6 Å². The summed E-state index contributed by atoms with van der Waals surface area (Å²) in [5.74, 6) is 0.665. The fourth-order valence-electron chi connectivity index (χ4n) is 4.53. The maximum absolute atomic E-state index is 13.8. The molecule has 0 saturated carbocycles. The third kappa shape index (κ3) is 4.05. The zero-order valence-corrected chi connectivity index (χ0v) is 18.8. The number of hydrogen-bond acceptors (Lipinski definition) is 3. The summed E-state index contributed by atoms with van der Waals surface area (Å²) in [6.07, 6.45) is 0. The van der Waals surface area contributed by atoms with Gasteiger partial charge in [-0.3, -0.25) is 4.99 Å². The van der Waals surface area contributed by atoms with E-state index in [1.807, 2.05) is 42.5 Å². The standard InChI is InChI=1S/C29H23F2NO2/c1-33-23-13-7-19(8-14-23)28-25-16-15-24(34-2)17-26(25)27(18-3-9-21(30)10-4-18)29(32-28)20-5-11-22(31)12-6-20/h3-17,27,29H,1-2H3/t27-,29-/m1/s1. The van der Waals surface area contributed by atoms with E-state index in [9.17, 15) is 8.78 Å². The lowest BCUT2D eigenvalue weighted by molar-refractivity contribution is 0.413. The Kier molecular flexibility index (Phi) is 5.84. The van der Waals surface area contributed by atoms with Crippen molar-refractivity contribution in [2.75, 3.05) is 14.2 Å². The molecule has 0 spiro atoms. The van der Waals surface area contributed by atoms with Crippen molar-refractivity contribution < 1.29 is 18.3 Å². The van der Waals surface area contributed by atoms with Crippen molar-refractivity contribution in [3.8, 4) is 11.5 Å². The van der Waals surface area contributed by atoms with Gasteiger partial charge in [0.15, 0.2) is 0 Å². The average molecular weight is 456 g/mol. The number of hydrogen-bond donors (Lipinski definition) is 0. The van der Waals surface area contributed by atoms with Gasteiger partial charge in [0, 0.05) is 17.0 Å². The van der Waals surface area contributed by atoms with E-state index in [1.165, 1.54) is 24.3 Å². The molecule has 0 radical (unpaired) electrons. The third-order valence-electron chi connectivity index (χ3n) is 6.24. The zero-order valence-electron chi connectivity index (χ0n) is 18.8. The van der Waals surface area contributed by atoms with Gasteiger partial charge in [-0.05, 0) is 83.4 Å². The number of rotatable bonds is 5. The van der Waals surface area contributed by atoms with Crippen molar-refractivity contribution in [2.45, 2.75) is 12.0 Å². The molecule has 2 atom stereocenters. The van der Waals surface area contributed by atoms with Gasteiger partial charge in [0.2, 0.25) is 0 Å². The molecule has 3 nitrogen and oxygen atoms in total. The minimum absolute atomic E-state index is 0.210. The maximum atomic E-state index is 13.8. The number of fused-ring (bicyclic) bond motifs is 1. The van der Waals surface area contributed by atoms with E-state index in [1.54, 1.807) is 38.5 Å². The highest BCUT2D eigenvalue weighted by Crippen LogP contribution is 2.46. The second-order valence-corrected chi connectivity index (χ2v) is 8.18. The second-order valence-electron chi connectivity index (χ2n) is 8.18. The molecule has 0 amide bonds. The van der Waals surface area contributed by atoms with Crippen LogP contribution < -0.4 is 9.47 Å². The summed E-state index contributed by atoms with van der Waals surface area (Å²) < 4.78 is 38.4. The first-order valence-corrected chi connectivity index (χ1v) is 11.0. The van der Waals surface area contributed by atoms with Gasteiger partial charge in [-0.25, -0.2) is 8.78 Å². The molecular formula is C29H23F2NO2. The lowest BCUT2D eigenvalue weighted by Gasteiger charge is -2.33. The molecule has 170 valence electrons. The third-order valence-corrected chi connectivity index (χ3v) is 6.24. The van der Waals surface area contributed by atoms with Crippen LogP contribution in [-0.2, 0) is 0 Å². The lowest BCUT2D eigenvalue weighted by atomic mass is 9.76. The number of benzene rings is 4. The molecular weight excluding hydrogens is 432 g/mol. The van der Waals surface area contributed by atoms with Gasteiger partial charge >= 0.3 is 0 Å². The molecule has 4 aromatic rings. The highest BCUT2D eigenvalue weighted by molar-refractivity contribution is 6.14. The molecule has 0 fully saturated rings. The number of halogens is 2. The van der Waals surface area contributed by atoms with E-state index in [2.05, 4.69) is 0 Å². The molecule has 1 aliphatic heterocycles.